The third-order valence-electron chi connectivity index (χ3n) is 3.99. The summed E-state index contributed by atoms with van der Waals surface area (Å²) in [6.07, 6.45) is 0. The van der Waals surface area contributed by atoms with Gasteiger partial charge in [0, 0.05) is 10.4 Å². The van der Waals surface area contributed by atoms with Crippen LogP contribution in [0.3, 0.4) is 0 Å². The maximum atomic E-state index is 12.9. The quantitative estimate of drug-likeness (QED) is 0.617. The largest absolute Gasteiger partial charge is 0.313 e. The monoisotopic (exact) mass is 369 g/mol. The summed E-state index contributed by atoms with van der Waals surface area (Å²) in [7, 11) is 0. The number of halogens is 1. The minimum Gasteiger partial charge on any atom is -0.313 e. The van der Waals surface area contributed by atoms with Crippen LogP contribution in [0, 0.1) is 13.8 Å². The van der Waals surface area contributed by atoms with Crippen LogP contribution in [0.15, 0.2) is 54.6 Å². The van der Waals surface area contributed by atoms with Crippen LogP contribution in [0.2, 0.25) is 5.02 Å². The molecule has 3 aromatic rings. The summed E-state index contributed by atoms with van der Waals surface area (Å²) >= 11 is 7.49. The first-order chi connectivity index (χ1) is 12.0. The van der Waals surface area contributed by atoms with Crippen molar-refractivity contribution in [3.05, 3.63) is 86.8 Å². The van der Waals surface area contributed by atoms with Gasteiger partial charge in [0.2, 0.25) is 0 Å². The summed E-state index contributed by atoms with van der Waals surface area (Å²) < 4.78 is 0. The number of hydrogen-bond acceptors (Lipinski definition) is 3. The molecule has 1 N–H and O–H groups in total. The molecule has 1 aromatic heterocycles. The zero-order valence-corrected chi connectivity index (χ0v) is 15.4. The Morgan fingerprint density at radius 3 is 2.28 bits per heavy atom. The topological polar surface area (TPSA) is 46.2 Å². The molecule has 0 aliphatic carbocycles. The van der Waals surface area contributed by atoms with E-state index >= 15 is 0 Å². The SMILES string of the molecule is Cc1sc(NC(=O)c2ccccc2Cl)c(C(=O)c2ccccc2)c1C. The molecule has 0 unspecified atom stereocenters. The zero-order valence-electron chi connectivity index (χ0n) is 13.8. The molecule has 0 bridgehead atoms. The van der Waals surface area contributed by atoms with Crippen LogP contribution in [0.1, 0.15) is 36.7 Å². The Labute approximate surface area is 155 Å². The molecule has 1 amide bonds. The number of rotatable bonds is 4. The molecule has 126 valence electrons. The van der Waals surface area contributed by atoms with Gasteiger partial charge in [0.05, 0.1) is 16.1 Å². The van der Waals surface area contributed by atoms with Gasteiger partial charge in [-0.2, -0.15) is 0 Å². The van der Waals surface area contributed by atoms with Gasteiger partial charge in [-0.1, -0.05) is 54.1 Å². The van der Waals surface area contributed by atoms with E-state index in [-0.39, 0.29) is 11.7 Å². The van der Waals surface area contributed by atoms with Crippen molar-refractivity contribution >= 4 is 39.6 Å². The van der Waals surface area contributed by atoms with Gasteiger partial charge in [-0.15, -0.1) is 11.3 Å². The van der Waals surface area contributed by atoms with Crippen molar-refractivity contribution < 1.29 is 9.59 Å². The molecule has 3 rings (SSSR count). The highest BCUT2D eigenvalue weighted by Crippen LogP contribution is 2.34. The maximum absolute atomic E-state index is 12.9. The molecule has 0 aliphatic heterocycles. The fourth-order valence-electron chi connectivity index (χ4n) is 2.54. The normalized spacial score (nSPS) is 10.5. The first-order valence-electron chi connectivity index (χ1n) is 7.74. The Kier molecular flexibility index (Phi) is 5.02. The van der Waals surface area contributed by atoms with Crippen molar-refractivity contribution in [2.24, 2.45) is 0 Å². The van der Waals surface area contributed by atoms with Gasteiger partial charge in [0.25, 0.3) is 5.91 Å². The molecule has 5 heteroatoms. The van der Waals surface area contributed by atoms with Crippen LogP contribution in [0.25, 0.3) is 0 Å². The Morgan fingerprint density at radius 1 is 0.960 bits per heavy atom. The number of ketones is 1. The Bertz CT molecular complexity index is 948. The number of benzene rings is 2. The summed E-state index contributed by atoms with van der Waals surface area (Å²) in [5, 5.41) is 3.78. The predicted molar refractivity (Wildman–Crippen MR) is 103 cm³/mol. The molecular weight excluding hydrogens is 354 g/mol. The second-order valence-corrected chi connectivity index (χ2v) is 7.25. The fourth-order valence-corrected chi connectivity index (χ4v) is 3.81. The van der Waals surface area contributed by atoms with Crippen LogP contribution in [0.4, 0.5) is 5.00 Å². The molecule has 0 aliphatic rings. The number of carbonyl (C=O) groups is 2. The highest BCUT2D eigenvalue weighted by Gasteiger charge is 2.22. The van der Waals surface area contributed by atoms with Crippen LogP contribution in [0.5, 0.6) is 0 Å². The van der Waals surface area contributed by atoms with E-state index in [0.29, 0.717) is 26.7 Å². The Balaban J connectivity index is 1.98. The van der Waals surface area contributed by atoms with Crippen molar-refractivity contribution in [1.82, 2.24) is 0 Å². The fraction of sp³-hybridized carbons (Fsp3) is 0.100. The van der Waals surface area contributed by atoms with E-state index in [9.17, 15) is 9.59 Å². The van der Waals surface area contributed by atoms with Crippen LogP contribution in [-0.2, 0) is 0 Å². The van der Waals surface area contributed by atoms with E-state index in [4.69, 9.17) is 11.6 Å². The van der Waals surface area contributed by atoms with Gasteiger partial charge in [-0.05, 0) is 31.5 Å². The lowest BCUT2D eigenvalue weighted by atomic mass is 10.0. The van der Waals surface area contributed by atoms with E-state index in [1.165, 1.54) is 11.3 Å². The molecular formula is C20H16ClNO2S. The summed E-state index contributed by atoms with van der Waals surface area (Å²) in [5.41, 5.74) is 2.39. The minimum absolute atomic E-state index is 0.100. The minimum atomic E-state index is -0.325. The van der Waals surface area contributed by atoms with E-state index in [1.54, 1.807) is 36.4 Å². The standard InChI is InChI=1S/C20H16ClNO2S/c1-12-13(2)25-20(17(12)18(23)14-8-4-3-5-9-14)22-19(24)15-10-6-7-11-16(15)21/h3-11H,1-2H3,(H,22,24). The number of aryl methyl sites for hydroxylation is 1. The average molecular weight is 370 g/mol. The molecule has 0 atom stereocenters. The third-order valence-corrected chi connectivity index (χ3v) is 5.45. The van der Waals surface area contributed by atoms with Gasteiger partial charge >= 0.3 is 0 Å². The van der Waals surface area contributed by atoms with E-state index < -0.39 is 0 Å². The molecule has 2 aromatic carbocycles. The first kappa shape index (κ1) is 17.4. The summed E-state index contributed by atoms with van der Waals surface area (Å²) in [6.45, 7) is 3.83. The van der Waals surface area contributed by atoms with Crippen molar-refractivity contribution in [1.29, 1.82) is 0 Å². The van der Waals surface area contributed by atoms with Gasteiger partial charge in [-0.25, -0.2) is 0 Å². The number of nitrogens with one attached hydrogen (secondary N) is 1. The first-order valence-corrected chi connectivity index (χ1v) is 8.94. The van der Waals surface area contributed by atoms with Crippen molar-refractivity contribution in [2.75, 3.05) is 5.32 Å². The summed E-state index contributed by atoms with van der Waals surface area (Å²) in [5.74, 6) is -0.425. The van der Waals surface area contributed by atoms with Crippen molar-refractivity contribution in [3.63, 3.8) is 0 Å². The van der Waals surface area contributed by atoms with Crippen LogP contribution < -0.4 is 5.32 Å². The Morgan fingerprint density at radius 2 is 1.60 bits per heavy atom. The lowest BCUT2D eigenvalue weighted by Gasteiger charge is -2.08. The molecule has 25 heavy (non-hydrogen) atoms. The average Bonchev–Trinajstić information content (AvgIpc) is 2.89. The molecule has 1 heterocycles. The van der Waals surface area contributed by atoms with E-state index in [2.05, 4.69) is 5.32 Å². The molecule has 3 nitrogen and oxygen atoms in total. The summed E-state index contributed by atoms with van der Waals surface area (Å²) in [4.78, 5) is 26.5. The molecule has 0 radical (unpaired) electrons. The summed E-state index contributed by atoms with van der Waals surface area (Å²) in [6, 6.07) is 15.9. The number of thiophene rings is 1. The maximum Gasteiger partial charge on any atom is 0.257 e. The molecule has 0 saturated heterocycles. The van der Waals surface area contributed by atoms with Crippen LogP contribution in [-0.4, -0.2) is 11.7 Å². The highest BCUT2D eigenvalue weighted by molar-refractivity contribution is 7.17. The second-order valence-electron chi connectivity index (χ2n) is 5.62. The van der Waals surface area contributed by atoms with E-state index in [1.807, 2.05) is 32.0 Å². The number of amides is 1. The smallest absolute Gasteiger partial charge is 0.257 e. The molecule has 0 fully saturated rings. The lowest BCUT2D eigenvalue weighted by molar-refractivity contribution is 0.102. The van der Waals surface area contributed by atoms with Gasteiger partial charge in [-0.3, -0.25) is 9.59 Å². The molecule has 0 spiro atoms. The van der Waals surface area contributed by atoms with Crippen molar-refractivity contribution in [2.45, 2.75) is 13.8 Å². The molecule has 0 saturated carbocycles. The van der Waals surface area contributed by atoms with Gasteiger partial charge < -0.3 is 5.32 Å². The predicted octanol–water partition coefficient (Wildman–Crippen LogP) is 5.50. The number of hydrogen-bond donors (Lipinski definition) is 1. The number of anilines is 1. The van der Waals surface area contributed by atoms with Gasteiger partial charge in [0.1, 0.15) is 5.00 Å². The zero-order chi connectivity index (χ0) is 18.0. The van der Waals surface area contributed by atoms with Crippen LogP contribution >= 0.6 is 22.9 Å². The number of carbonyl (C=O) groups excluding carboxylic acids is 2. The third kappa shape index (κ3) is 3.50. The second kappa shape index (κ2) is 7.21. The Hall–Kier alpha value is -2.43. The highest BCUT2D eigenvalue weighted by atomic mass is 35.5. The van der Waals surface area contributed by atoms with Crippen molar-refractivity contribution in [3.8, 4) is 0 Å². The van der Waals surface area contributed by atoms with E-state index in [0.717, 1.165) is 10.4 Å². The van der Waals surface area contributed by atoms with Gasteiger partial charge in [0.15, 0.2) is 5.78 Å². The lowest BCUT2D eigenvalue weighted by Crippen LogP contribution is -2.14.